The summed E-state index contributed by atoms with van der Waals surface area (Å²) in [5, 5.41) is 2.95. The largest absolute Gasteiger partial charge is 0.299 e. The molecule has 90 valence electrons. The van der Waals surface area contributed by atoms with Gasteiger partial charge in [0, 0.05) is 16.6 Å². The Morgan fingerprint density at radius 1 is 1.18 bits per heavy atom. The third-order valence-electron chi connectivity index (χ3n) is 3.47. The van der Waals surface area contributed by atoms with Crippen molar-refractivity contribution in [3.8, 4) is 0 Å². The Kier molecular flexibility index (Phi) is 3.12. The molecule has 1 nitrogen and oxygen atoms in total. The van der Waals surface area contributed by atoms with Gasteiger partial charge in [-0.15, -0.1) is 11.3 Å². The van der Waals surface area contributed by atoms with Gasteiger partial charge in [0.15, 0.2) is 0 Å². The van der Waals surface area contributed by atoms with Crippen molar-refractivity contribution in [1.82, 2.24) is 4.90 Å². The summed E-state index contributed by atoms with van der Waals surface area (Å²) in [5.41, 5.74) is 1.16. The highest BCUT2D eigenvalue weighted by Gasteiger charge is 2.14. The van der Waals surface area contributed by atoms with Crippen molar-refractivity contribution < 1.29 is 4.39 Å². The fourth-order valence-electron chi connectivity index (χ4n) is 2.58. The highest BCUT2D eigenvalue weighted by Crippen LogP contribution is 2.29. The van der Waals surface area contributed by atoms with Crippen LogP contribution in [0.25, 0.3) is 10.1 Å². The second kappa shape index (κ2) is 4.75. The first-order valence-electron chi connectivity index (χ1n) is 6.21. The number of piperidine rings is 1. The minimum Gasteiger partial charge on any atom is -0.299 e. The van der Waals surface area contributed by atoms with Crippen molar-refractivity contribution in [2.24, 2.45) is 0 Å². The lowest BCUT2D eigenvalue weighted by molar-refractivity contribution is 0.221. The van der Waals surface area contributed by atoms with Crippen LogP contribution in [0.2, 0.25) is 0 Å². The highest BCUT2D eigenvalue weighted by atomic mass is 32.1. The monoisotopic (exact) mass is 249 g/mol. The summed E-state index contributed by atoms with van der Waals surface area (Å²) in [6, 6.07) is 5.36. The lowest BCUT2D eigenvalue weighted by Gasteiger charge is -2.26. The SMILES string of the molecule is Fc1cccc2scc(CN3CCCCC3)c12. The third kappa shape index (κ3) is 2.22. The third-order valence-corrected chi connectivity index (χ3v) is 4.46. The summed E-state index contributed by atoms with van der Waals surface area (Å²) in [6.07, 6.45) is 3.91. The molecule has 0 unspecified atom stereocenters. The molecule has 3 rings (SSSR count). The minimum absolute atomic E-state index is 0.0734. The maximum atomic E-state index is 13.8. The highest BCUT2D eigenvalue weighted by molar-refractivity contribution is 7.17. The van der Waals surface area contributed by atoms with Crippen LogP contribution in [0.3, 0.4) is 0 Å². The van der Waals surface area contributed by atoms with Gasteiger partial charge in [0.2, 0.25) is 0 Å². The van der Waals surface area contributed by atoms with E-state index in [0.717, 1.165) is 35.3 Å². The average Bonchev–Trinajstić information content (AvgIpc) is 2.75. The van der Waals surface area contributed by atoms with Gasteiger partial charge in [-0.25, -0.2) is 4.39 Å². The average molecular weight is 249 g/mol. The number of nitrogens with zero attached hydrogens (tertiary/aromatic N) is 1. The van der Waals surface area contributed by atoms with Gasteiger partial charge in [-0.1, -0.05) is 12.5 Å². The van der Waals surface area contributed by atoms with Gasteiger partial charge in [0.1, 0.15) is 5.82 Å². The number of thiophene rings is 1. The molecule has 1 aromatic heterocycles. The van der Waals surface area contributed by atoms with Crippen molar-refractivity contribution >= 4 is 21.4 Å². The van der Waals surface area contributed by atoms with Crippen LogP contribution in [-0.4, -0.2) is 18.0 Å². The topological polar surface area (TPSA) is 3.24 Å². The van der Waals surface area contributed by atoms with Crippen molar-refractivity contribution in [3.05, 3.63) is 35.0 Å². The summed E-state index contributed by atoms with van der Waals surface area (Å²) >= 11 is 1.65. The quantitative estimate of drug-likeness (QED) is 0.777. The molecule has 17 heavy (non-hydrogen) atoms. The van der Waals surface area contributed by atoms with Gasteiger partial charge in [0.05, 0.1) is 0 Å². The van der Waals surface area contributed by atoms with Crippen LogP contribution in [0.4, 0.5) is 4.39 Å². The number of benzene rings is 1. The zero-order valence-corrected chi connectivity index (χ0v) is 10.6. The van der Waals surface area contributed by atoms with Crippen molar-refractivity contribution in [1.29, 1.82) is 0 Å². The molecule has 1 aliphatic heterocycles. The summed E-state index contributed by atoms with van der Waals surface area (Å²) in [4.78, 5) is 2.44. The molecule has 0 bridgehead atoms. The summed E-state index contributed by atoms with van der Waals surface area (Å²) in [5.74, 6) is -0.0734. The van der Waals surface area contributed by atoms with Gasteiger partial charge in [-0.3, -0.25) is 4.90 Å². The first-order chi connectivity index (χ1) is 8.34. The van der Waals surface area contributed by atoms with Gasteiger partial charge in [-0.05, 0) is 49.0 Å². The molecule has 0 radical (unpaired) electrons. The van der Waals surface area contributed by atoms with E-state index in [-0.39, 0.29) is 5.82 Å². The normalized spacial score (nSPS) is 17.7. The first-order valence-corrected chi connectivity index (χ1v) is 7.09. The molecule has 1 fully saturated rings. The molecule has 0 amide bonds. The number of rotatable bonds is 2. The van der Waals surface area contributed by atoms with E-state index in [4.69, 9.17) is 0 Å². The minimum atomic E-state index is -0.0734. The molecule has 2 aromatic rings. The van der Waals surface area contributed by atoms with Crippen LogP contribution in [0, 0.1) is 5.82 Å². The van der Waals surface area contributed by atoms with E-state index < -0.39 is 0 Å². The Morgan fingerprint density at radius 3 is 2.82 bits per heavy atom. The lowest BCUT2D eigenvalue weighted by Crippen LogP contribution is -2.28. The summed E-state index contributed by atoms with van der Waals surface area (Å²) < 4.78 is 14.9. The number of hydrogen-bond donors (Lipinski definition) is 0. The van der Waals surface area contributed by atoms with Crippen LogP contribution in [0.15, 0.2) is 23.6 Å². The van der Waals surface area contributed by atoms with Crippen molar-refractivity contribution in [2.75, 3.05) is 13.1 Å². The van der Waals surface area contributed by atoms with Gasteiger partial charge < -0.3 is 0 Å². The molecule has 0 spiro atoms. The number of likely N-dealkylation sites (tertiary alicyclic amines) is 1. The van der Waals surface area contributed by atoms with Crippen LogP contribution in [0.5, 0.6) is 0 Å². The first kappa shape index (κ1) is 11.2. The Bertz CT molecular complexity index is 514. The van der Waals surface area contributed by atoms with Crippen molar-refractivity contribution in [3.63, 3.8) is 0 Å². The van der Waals surface area contributed by atoms with Crippen LogP contribution >= 0.6 is 11.3 Å². The number of hydrogen-bond acceptors (Lipinski definition) is 2. The molecule has 2 heterocycles. The van der Waals surface area contributed by atoms with Gasteiger partial charge in [0.25, 0.3) is 0 Å². The van der Waals surface area contributed by atoms with E-state index in [9.17, 15) is 4.39 Å². The van der Waals surface area contributed by atoms with E-state index >= 15 is 0 Å². The predicted octanol–water partition coefficient (Wildman–Crippen LogP) is 4.03. The molecule has 0 aliphatic carbocycles. The number of fused-ring (bicyclic) bond motifs is 1. The van der Waals surface area contributed by atoms with E-state index in [1.54, 1.807) is 23.5 Å². The predicted molar refractivity (Wildman–Crippen MR) is 70.9 cm³/mol. The molecule has 0 N–H and O–H groups in total. The zero-order chi connectivity index (χ0) is 11.7. The standard InChI is InChI=1S/C14H16FNS/c15-12-5-4-6-13-14(12)11(10-17-13)9-16-7-2-1-3-8-16/h4-6,10H,1-3,7-9H2. The molecule has 1 saturated heterocycles. The number of halogens is 1. The molecule has 1 aliphatic rings. The fourth-order valence-corrected chi connectivity index (χ4v) is 3.55. The Hall–Kier alpha value is -0.930. The van der Waals surface area contributed by atoms with Crippen LogP contribution < -0.4 is 0 Å². The van der Waals surface area contributed by atoms with Gasteiger partial charge in [-0.2, -0.15) is 0 Å². The Balaban J connectivity index is 1.89. The zero-order valence-electron chi connectivity index (χ0n) is 9.79. The maximum Gasteiger partial charge on any atom is 0.132 e. The Labute approximate surface area is 105 Å². The molecule has 0 atom stereocenters. The molecular weight excluding hydrogens is 233 g/mol. The molecule has 3 heteroatoms. The van der Waals surface area contributed by atoms with E-state index in [1.165, 1.54) is 19.3 Å². The van der Waals surface area contributed by atoms with Crippen LogP contribution in [0.1, 0.15) is 24.8 Å². The van der Waals surface area contributed by atoms with Gasteiger partial charge >= 0.3 is 0 Å². The second-order valence-corrected chi connectivity index (χ2v) is 5.62. The van der Waals surface area contributed by atoms with Crippen molar-refractivity contribution in [2.45, 2.75) is 25.8 Å². The maximum absolute atomic E-state index is 13.8. The van der Waals surface area contributed by atoms with Crippen LogP contribution in [-0.2, 0) is 6.54 Å². The second-order valence-electron chi connectivity index (χ2n) is 4.71. The summed E-state index contributed by atoms with van der Waals surface area (Å²) in [6.45, 7) is 3.22. The van der Waals surface area contributed by atoms with E-state index in [1.807, 2.05) is 6.07 Å². The Morgan fingerprint density at radius 2 is 2.00 bits per heavy atom. The lowest BCUT2D eigenvalue weighted by atomic mass is 10.1. The fraction of sp³-hybridized carbons (Fsp3) is 0.429. The molecular formula is C14H16FNS. The van der Waals surface area contributed by atoms with E-state index in [0.29, 0.717) is 0 Å². The smallest absolute Gasteiger partial charge is 0.132 e. The summed E-state index contributed by atoms with van der Waals surface area (Å²) in [7, 11) is 0. The molecule has 1 aromatic carbocycles. The van der Waals surface area contributed by atoms with E-state index in [2.05, 4.69) is 10.3 Å². The molecule has 0 saturated carbocycles.